The number of rotatable bonds is 23. The third kappa shape index (κ3) is 25.4. The van der Waals surface area contributed by atoms with Crippen LogP contribution in [0.5, 0.6) is 0 Å². The maximum Gasteiger partial charge on any atom is 0.448 e. The third-order valence-corrected chi connectivity index (χ3v) is 6.08. The molecule has 0 saturated heterocycles. The van der Waals surface area contributed by atoms with Crippen LogP contribution in [0.4, 0.5) is 0 Å². The molecule has 0 spiro atoms. The van der Waals surface area contributed by atoms with Gasteiger partial charge in [-0.15, -0.1) is 0 Å². The van der Waals surface area contributed by atoms with E-state index in [0.29, 0.717) is 6.42 Å². The van der Waals surface area contributed by atoms with Gasteiger partial charge < -0.3 is 4.18 Å². The molecule has 5 nitrogen and oxygen atoms in total. The number of carbonyl (C=O) groups is 1. The Kier molecular flexibility index (Phi) is 21.2. The molecule has 0 rings (SSSR count). The van der Waals surface area contributed by atoms with Gasteiger partial charge in [0.2, 0.25) is 0 Å². The van der Waals surface area contributed by atoms with Crippen LogP contribution in [0.2, 0.25) is 0 Å². The van der Waals surface area contributed by atoms with E-state index in [1.165, 1.54) is 109 Å². The second-order valence-corrected chi connectivity index (χ2v) is 9.73. The lowest BCUT2D eigenvalue weighted by molar-refractivity contribution is -0.134. The number of unbranched alkanes of at least 4 members (excludes halogenated alkanes) is 20. The van der Waals surface area contributed by atoms with Gasteiger partial charge in [0.15, 0.2) is 0 Å². The summed E-state index contributed by atoms with van der Waals surface area (Å²) in [5, 5.41) is 0. The van der Waals surface area contributed by atoms with Gasteiger partial charge in [0.1, 0.15) is 0 Å². The Morgan fingerprint density at radius 2 is 0.833 bits per heavy atom. The Bertz CT molecular complexity index is 476. The molecule has 0 aliphatic rings. The number of hydrogen-bond acceptors (Lipinski definition) is 4. The fourth-order valence-electron chi connectivity index (χ4n) is 3.86. The van der Waals surface area contributed by atoms with Crippen LogP contribution in [0.25, 0.3) is 0 Å². The summed E-state index contributed by atoms with van der Waals surface area (Å²) < 4.78 is 33.0. The average molecular weight is 449 g/mol. The number of hydrogen-bond donors (Lipinski definition) is 1. The van der Waals surface area contributed by atoms with E-state index in [1.807, 2.05) is 0 Å². The fourth-order valence-corrected chi connectivity index (χ4v) is 4.18. The van der Waals surface area contributed by atoms with Crippen molar-refractivity contribution in [1.82, 2.24) is 0 Å². The lowest BCUT2D eigenvalue weighted by Gasteiger charge is -2.04. The van der Waals surface area contributed by atoms with Crippen molar-refractivity contribution in [2.45, 2.75) is 148 Å². The molecule has 0 atom stereocenters. The van der Waals surface area contributed by atoms with Crippen LogP contribution in [0.15, 0.2) is 0 Å². The highest BCUT2D eigenvalue weighted by Crippen LogP contribution is 2.15. The molecule has 0 heterocycles. The van der Waals surface area contributed by atoms with Crippen molar-refractivity contribution in [2.75, 3.05) is 0 Å². The van der Waals surface area contributed by atoms with E-state index in [4.69, 9.17) is 4.55 Å². The molecular formula is C24H48O5S. The molecule has 0 aromatic carbocycles. The smallest absolute Gasteiger partial charge is 0.325 e. The lowest BCUT2D eigenvalue weighted by Crippen LogP contribution is -2.11. The summed E-state index contributed by atoms with van der Waals surface area (Å²) in [6, 6.07) is 0. The van der Waals surface area contributed by atoms with Crippen LogP contribution in [0.3, 0.4) is 0 Å². The van der Waals surface area contributed by atoms with Crippen LogP contribution in [-0.4, -0.2) is 18.9 Å². The van der Waals surface area contributed by atoms with E-state index >= 15 is 0 Å². The zero-order chi connectivity index (χ0) is 22.3. The Balaban J connectivity index is 3.12. The SMILES string of the molecule is CCCCCCCCCCCCCCCCCCCCCCCC(=O)OS(=O)(=O)O. The average Bonchev–Trinajstić information content (AvgIpc) is 2.68. The molecule has 0 aromatic heterocycles. The Hall–Kier alpha value is -0.620. The standard InChI is InChI=1S/C24H48O5S/c1-2-3-4-5-6-7-8-9-10-11-12-13-14-15-16-17-18-19-20-21-22-23-24(25)29-30(26,27)28/h2-23H2,1H3,(H,26,27,28). The first-order valence-electron chi connectivity index (χ1n) is 12.7. The van der Waals surface area contributed by atoms with E-state index in [-0.39, 0.29) is 6.42 Å². The van der Waals surface area contributed by atoms with Crippen LogP contribution >= 0.6 is 0 Å². The molecule has 0 bridgehead atoms. The van der Waals surface area contributed by atoms with Crippen LogP contribution in [0.1, 0.15) is 148 Å². The van der Waals surface area contributed by atoms with Gasteiger partial charge in [-0.2, -0.15) is 8.42 Å². The highest BCUT2D eigenvalue weighted by Gasteiger charge is 2.12. The monoisotopic (exact) mass is 448 g/mol. The third-order valence-electron chi connectivity index (χ3n) is 5.68. The highest BCUT2D eigenvalue weighted by molar-refractivity contribution is 7.81. The Labute approximate surface area is 186 Å². The van der Waals surface area contributed by atoms with Gasteiger partial charge in [-0.25, -0.2) is 0 Å². The predicted octanol–water partition coefficient (Wildman–Crippen LogP) is 7.93. The van der Waals surface area contributed by atoms with Crippen LogP contribution < -0.4 is 0 Å². The van der Waals surface area contributed by atoms with Crippen LogP contribution in [-0.2, 0) is 19.4 Å². The molecule has 0 saturated carbocycles. The molecule has 0 aliphatic heterocycles. The molecular weight excluding hydrogens is 400 g/mol. The molecule has 0 aliphatic carbocycles. The topological polar surface area (TPSA) is 80.7 Å². The van der Waals surface area contributed by atoms with E-state index in [0.717, 1.165) is 19.3 Å². The van der Waals surface area contributed by atoms with Crippen molar-refractivity contribution in [3.63, 3.8) is 0 Å². The summed E-state index contributed by atoms with van der Waals surface area (Å²) in [5.74, 6) is -0.879. The van der Waals surface area contributed by atoms with Gasteiger partial charge in [-0.05, 0) is 6.42 Å². The summed E-state index contributed by atoms with van der Waals surface area (Å²) >= 11 is 0. The van der Waals surface area contributed by atoms with E-state index in [2.05, 4.69) is 11.1 Å². The molecule has 1 N–H and O–H groups in total. The van der Waals surface area contributed by atoms with E-state index in [9.17, 15) is 13.2 Å². The minimum atomic E-state index is -4.65. The Morgan fingerprint density at radius 3 is 1.10 bits per heavy atom. The zero-order valence-corrected chi connectivity index (χ0v) is 20.4. The van der Waals surface area contributed by atoms with Crippen molar-refractivity contribution < 1.29 is 21.9 Å². The molecule has 0 fully saturated rings. The van der Waals surface area contributed by atoms with Crippen molar-refractivity contribution in [3.05, 3.63) is 0 Å². The largest absolute Gasteiger partial charge is 0.448 e. The fraction of sp³-hybridized carbons (Fsp3) is 0.958. The summed E-state index contributed by atoms with van der Waals surface area (Å²) in [4.78, 5) is 11.1. The molecule has 0 aromatic rings. The van der Waals surface area contributed by atoms with Crippen molar-refractivity contribution >= 4 is 16.4 Å². The minimum Gasteiger partial charge on any atom is -0.325 e. The highest BCUT2D eigenvalue weighted by atomic mass is 32.3. The van der Waals surface area contributed by atoms with Gasteiger partial charge in [0.25, 0.3) is 0 Å². The maximum atomic E-state index is 11.1. The minimum absolute atomic E-state index is 0.0405. The van der Waals surface area contributed by atoms with Gasteiger partial charge in [0, 0.05) is 6.42 Å². The van der Waals surface area contributed by atoms with Gasteiger partial charge in [-0.1, -0.05) is 135 Å². The second-order valence-electron chi connectivity index (χ2n) is 8.70. The van der Waals surface area contributed by atoms with E-state index in [1.54, 1.807) is 0 Å². The zero-order valence-electron chi connectivity index (χ0n) is 19.5. The van der Waals surface area contributed by atoms with Crippen molar-refractivity contribution in [2.24, 2.45) is 0 Å². The normalized spacial score (nSPS) is 11.7. The van der Waals surface area contributed by atoms with Gasteiger partial charge >= 0.3 is 16.4 Å². The quantitative estimate of drug-likeness (QED) is 0.127. The number of carbonyl (C=O) groups excluding carboxylic acids is 1. The van der Waals surface area contributed by atoms with Crippen molar-refractivity contribution in [3.8, 4) is 0 Å². The summed E-state index contributed by atoms with van der Waals surface area (Å²) in [6.45, 7) is 2.27. The molecule has 0 unspecified atom stereocenters. The first-order chi connectivity index (χ1) is 14.5. The van der Waals surface area contributed by atoms with Crippen molar-refractivity contribution in [1.29, 1.82) is 0 Å². The Morgan fingerprint density at radius 1 is 0.567 bits per heavy atom. The first kappa shape index (κ1) is 29.4. The van der Waals surface area contributed by atoms with Gasteiger partial charge in [-0.3, -0.25) is 9.35 Å². The summed E-state index contributed by atoms with van der Waals surface area (Å²) in [5.41, 5.74) is 0. The molecule has 0 radical (unpaired) electrons. The summed E-state index contributed by atoms with van der Waals surface area (Å²) in [7, 11) is -4.65. The van der Waals surface area contributed by atoms with E-state index < -0.39 is 16.4 Å². The summed E-state index contributed by atoms with van der Waals surface area (Å²) in [6.07, 6.45) is 27.2. The lowest BCUT2D eigenvalue weighted by atomic mass is 10.0. The first-order valence-corrected chi connectivity index (χ1v) is 14.0. The molecule has 180 valence electrons. The molecule has 0 amide bonds. The second kappa shape index (κ2) is 21.6. The maximum absolute atomic E-state index is 11.1. The predicted molar refractivity (Wildman–Crippen MR) is 125 cm³/mol. The molecule has 30 heavy (non-hydrogen) atoms. The van der Waals surface area contributed by atoms with Crippen LogP contribution in [0, 0.1) is 0 Å². The van der Waals surface area contributed by atoms with Gasteiger partial charge in [0.05, 0.1) is 0 Å². The molecule has 6 heteroatoms.